The van der Waals surface area contributed by atoms with Crippen LogP contribution in [0.4, 0.5) is 0 Å². The number of likely N-dealkylation sites (tertiary alicyclic amines) is 1. The topological polar surface area (TPSA) is 84.3 Å². The predicted octanol–water partition coefficient (Wildman–Crippen LogP) is 4.18. The summed E-state index contributed by atoms with van der Waals surface area (Å²) in [6, 6.07) is 21.8. The molecule has 5 rings (SSSR count). The van der Waals surface area contributed by atoms with Gasteiger partial charge in [-0.05, 0) is 48.6 Å². The number of rotatable bonds is 6. The van der Waals surface area contributed by atoms with Crippen molar-refractivity contribution in [3.05, 3.63) is 89.9 Å². The van der Waals surface area contributed by atoms with E-state index in [2.05, 4.69) is 4.72 Å². The number of piperidine rings is 1. The van der Waals surface area contributed by atoms with Crippen LogP contribution in [-0.2, 0) is 10.0 Å². The smallest absolute Gasteiger partial charge is 0.257 e. The fourth-order valence-corrected chi connectivity index (χ4v) is 6.15. The molecule has 1 saturated heterocycles. The van der Waals surface area contributed by atoms with Crippen molar-refractivity contribution < 1.29 is 13.2 Å². The van der Waals surface area contributed by atoms with E-state index in [4.69, 9.17) is 5.10 Å². The molecule has 0 radical (unpaired) electrons. The molecule has 0 bridgehead atoms. The van der Waals surface area contributed by atoms with Gasteiger partial charge in [-0.15, -0.1) is 11.3 Å². The second kappa shape index (κ2) is 9.54. The van der Waals surface area contributed by atoms with Gasteiger partial charge in [-0.2, -0.15) is 5.10 Å². The number of para-hydroxylation sites is 1. The molecule has 0 spiro atoms. The number of nitrogens with zero attached hydrogens (tertiary/aromatic N) is 3. The number of carbonyl (C=O) groups excluding carboxylic acids is 1. The van der Waals surface area contributed by atoms with Crippen molar-refractivity contribution in [1.82, 2.24) is 19.4 Å². The van der Waals surface area contributed by atoms with Crippen LogP contribution in [0.15, 0.2) is 89.3 Å². The van der Waals surface area contributed by atoms with Gasteiger partial charge in [0.1, 0.15) is 5.69 Å². The average molecular weight is 493 g/mol. The van der Waals surface area contributed by atoms with Crippen LogP contribution in [-0.4, -0.2) is 48.1 Å². The summed E-state index contributed by atoms with van der Waals surface area (Å²) in [6.45, 7) is 0.947. The Labute approximate surface area is 202 Å². The second-order valence-corrected chi connectivity index (χ2v) is 10.8. The van der Waals surface area contributed by atoms with Crippen LogP contribution in [0.3, 0.4) is 0 Å². The molecule has 0 unspecified atom stereocenters. The molecule has 1 fully saturated rings. The van der Waals surface area contributed by atoms with Crippen molar-refractivity contribution in [3.63, 3.8) is 0 Å². The number of carbonyl (C=O) groups is 1. The monoisotopic (exact) mass is 492 g/mol. The lowest BCUT2D eigenvalue weighted by Gasteiger charge is -2.32. The van der Waals surface area contributed by atoms with Crippen LogP contribution in [0, 0.1) is 0 Å². The Bertz CT molecular complexity index is 1360. The summed E-state index contributed by atoms with van der Waals surface area (Å²) in [4.78, 5) is 16.5. The minimum absolute atomic E-state index is 0.0880. The highest BCUT2D eigenvalue weighted by Gasteiger charge is 2.29. The maximum absolute atomic E-state index is 13.5. The van der Waals surface area contributed by atoms with Crippen molar-refractivity contribution in [3.8, 4) is 16.3 Å². The molecule has 2 aromatic carbocycles. The normalized spacial score (nSPS) is 14.9. The molecule has 3 heterocycles. The van der Waals surface area contributed by atoms with E-state index >= 15 is 0 Å². The van der Waals surface area contributed by atoms with Gasteiger partial charge in [-0.25, -0.2) is 17.8 Å². The Morgan fingerprint density at radius 3 is 2.26 bits per heavy atom. The fraction of sp³-hybridized carbons (Fsp3) is 0.200. The molecular weight excluding hydrogens is 468 g/mol. The standard InChI is InChI=1S/C25H24N4O3S2/c30-25(28-15-13-19(14-16-28)27-34(31,32)21-10-5-2-6-11-21)22-18-29(20-8-3-1-4-9-20)26-24(22)23-12-7-17-33-23/h1-12,17-19,27H,13-16H2. The number of aromatic nitrogens is 2. The third-order valence-corrected chi connectivity index (χ3v) is 8.29. The molecule has 7 nitrogen and oxygen atoms in total. The highest BCUT2D eigenvalue weighted by atomic mass is 32.2. The van der Waals surface area contributed by atoms with Crippen molar-refractivity contribution in [2.45, 2.75) is 23.8 Å². The molecule has 1 aliphatic heterocycles. The lowest BCUT2D eigenvalue weighted by Crippen LogP contribution is -2.46. The molecule has 0 aliphatic carbocycles. The lowest BCUT2D eigenvalue weighted by molar-refractivity contribution is 0.0712. The zero-order valence-electron chi connectivity index (χ0n) is 18.4. The first kappa shape index (κ1) is 22.5. The van der Waals surface area contributed by atoms with Crippen LogP contribution in [0.2, 0.25) is 0 Å². The highest BCUT2D eigenvalue weighted by molar-refractivity contribution is 7.89. The summed E-state index contributed by atoms with van der Waals surface area (Å²) in [5, 5.41) is 6.69. The van der Waals surface area contributed by atoms with E-state index in [0.717, 1.165) is 10.6 Å². The Balaban J connectivity index is 1.32. The Kier molecular flexibility index (Phi) is 6.32. The number of nitrogens with one attached hydrogen (secondary N) is 1. The highest BCUT2D eigenvalue weighted by Crippen LogP contribution is 2.29. The summed E-state index contributed by atoms with van der Waals surface area (Å²) < 4.78 is 29.8. The minimum Gasteiger partial charge on any atom is -0.338 e. The maximum atomic E-state index is 13.5. The van der Waals surface area contributed by atoms with Crippen LogP contribution in [0.5, 0.6) is 0 Å². The molecule has 9 heteroatoms. The molecule has 1 N–H and O–H groups in total. The number of amides is 1. The molecule has 34 heavy (non-hydrogen) atoms. The third kappa shape index (κ3) is 4.68. The van der Waals surface area contributed by atoms with E-state index in [1.54, 1.807) is 57.4 Å². The van der Waals surface area contributed by atoms with Gasteiger partial charge in [0.15, 0.2) is 0 Å². The van der Waals surface area contributed by atoms with Crippen molar-refractivity contribution in [1.29, 1.82) is 0 Å². The summed E-state index contributed by atoms with van der Waals surface area (Å²) >= 11 is 1.54. The van der Waals surface area contributed by atoms with Gasteiger partial charge in [0.2, 0.25) is 10.0 Å². The Morgan fingerprint density at radius 1 is 0.941 bits per heavy atom. The predicted molar refractivity (Wildman–Crippen MR) is 133 cm³/mol. The van der Waals surface area contributed by atoms with E-state index in [-0.39, 0.29) is 16.8 Å². The Morgan fingerprint density at radius 2 is 1.62 bits per heavy atom. The molecule has 4 aromatic rings. The number of benzene rings is 2. The van der Waals surface area contributed by atoms with Crippen LogP contribution in [0.1, 0.15) is 23.2 Å². The summed E-state index contributed by atoms with van der Waals surface area (Å²) in [7, 11) is -3.58. The van der Waals surface area contributed by atoms with E-state index in [1.165, 1.54) is 0 Å². The van der Waals surface area contributed by atoms with Crippen molar-refractivity contribution >= 4 is 27.3 Å². The SMILES string of the molecule is O=C(c1cn(-c2ccccc2)nc1-c1cccs1)N1CCC(NS(=O)(=O)c2ccccc2)CC1. The summed E-state index contributed by atoms with van der Waals surface area (Å²) in [5.41, 5.74) is 2.10. The van der Waals surface area contributed by atoms with Crippen LogP contribution in [0.25, 0.3) is 16.3 Å². The number of hydrogen-bond donors (Lipinski definition) is 1. The molecule has 0 saturated carbocycles. The van der Waals surface area contributed by atoms with Crippen molar-refractivity contribution in [2.24, 2.45) is 0 Å². The zero-order valence-corrected chi connectivity index (χ0v) is 20.0. The number of thiophene rings is 1. The van der Waals surface area contributed by atoms with Gasteiger partial charge >= 0.3 is 0 Å². The van der Waals surface area contributed by atoms with Gasteiger partial charge in [-0.3, -0.25) is 4.79 Å². The largest absolute Gasteiger partial charge is 0.338 e. The number of hydrogen-bond acceptors (Lipinski definition) is 5. The number of sulfonamides is 1. The lowest BCUT2D eigenvalue weighted by atomic mass is 10.0. The maximum Gasteiger partial charge on any atom is 0.257 e. The molecule has 174 valence electrons. The Hall–Kier alpha value is -3.27. The zero-order chi connectivity index (χ0) is 23.5. The fourth-order valence-electron chi connectivity index (χ4n) is 4.10. The quantitative estimate of drug-likeness (QED) is 0.438. The van der Waals surface area contributed by atoms with Gasteiger partial charge in [0.05, 0.1) is 21.0 Å². The summed E-state index contributed by atoms with van der Waals surface area (Å²) in [5.74, 6) is -0.0880. The third-order valence-electron chi connectivity index (χ3n) is 5.88. The van der Waals surface area contributed by atoms with Crippen molar-refractivity contribution in [2.75, 3.05) is 13.1 Å². The van der Waals surface area contributed by atoms with E-state index in [0.29, 0.717) is 37.2 Å². The first-order valence-electron chi connectivity index (χ1n) is 11.1. The van der Waals surface area contributed by atoms with Gasteiger partial charge < -0.3 is 4.90 Å². The summed E-state index contributed by atoms with van der Waals surface area (Å²) in [6.07, 6.45) is 2.90. The molecule has 1 amide bonds. The first-order chi connectivity index (χ1) is 16.5. The minimum atomic E-state index is -3.58. The molecule has 1 aliphatic rings. The molecule has 2 aromatic heterocycles. The van der Waals surface area contributed by atoms with Crippen LogP contribution < -0.4 is 4.72 Å². The molecule has 0 atom stereocenters. The van der Waals surface area contributed by atoms with E-state index < -0.39 is 10.0 Å². The first-order valence-corrected chi connectivity index (χ1v) is 13.4. The average Bonchev–Trinajstić information content (AvgIpc) is 3.55. The van der Waals surface area contributed by atoms with Gasteiger partial charge in [-0.1, -0.05) is 42.5 Å². The van der Waals surface area contributed by atoms with E-state index in [9.17, 15) is 13.2 Å². The van der Waals surface area contributed by atoms with Gasteiger partial charge in [0, 0.05) is 25.3 Å². The van der Waals surface area contributed by atoms with Gasteiger partial charge in [0.25, 0.3) is 5.91 Å². The molecular formula is C25H24N4O3S2. The van der Waals surface area contributed by atoms with E-state index in [1.807, 2.05) is 47.8 Å². The second-order valence-electron chi connectivity index (χ2n) is 8.15. The van der Waals surface area contributed by atoms with Crippen LogP contribution >= 0.6 is 11.3 Å².